The highest BCUT2D eigenvalue weighted by Crippen LogP contribution is 2.32. The van der Waals surface area contributed by atoms with Crippen LogP contribution in [0.4, 0.5) is 9.59 Å². The molecule has 1 aliphatic rings. The summed E-state index contributed by atoms with van der Waals surface area (Å²) in [6.45, 7) is 7.16. The van der Waals surface area contributed by atoms with Crippen LogP contribution in [0, 0.1) is 11.8 Å². The molecule has 0 saturated heterocycles. The minimum absolute atomic E-state index is 0.0883. The summed E-state index contributed by atoms with van der Waals surface area (Å²) in [7, 11) is 0. The van der Waals surface area contributed by atoms with Gasteiger partial charge in [0.2, 0.25) is 0 Å². The fourth-order valence-corrected chi connectivity index (χ4v) is 4.55. The van der Waals surface area contributed by atoms with E-state index >= 15 is 0 Å². The van der Waals surface area contributed by atoms with E-state index in [0.717, 1.165) is 12.2 Å². The molecule has 268 valence electrons. The summed E-state index contributed by atoms with van der Waals surface area (Å²) in [5, 5.41) is 0. The summed E-state index contributed by atoms with van der Waals surface area (Å²) < 4.78 is 40.8. The number of hydrogen-bond acceptors (Lipinski definition) is 14. The van der Waals surface area contributed by atoms with Crippen molar-refractivity contribution in [1.29, 1.82) is 0 Å². The van der Waals surface area contributed by atoms with Gasteiger partial charge in [0.1, 0.15) is 23.0 Å². The number of carbonyl (C=O) groups is 6. The van der Waals surface area contributed by atoms with Crippen molar-refractivity contribution in [3.8, 4) is 23.0 Å². The van der Waals surface area contributed by atoms with Crippen LogP contribution >= 0.6 is 0 Å². The highest BCUT2D eigenvalue weighted by atomic mass is 16.7. The second kappa shape index (κ2) is 21.3. The molecule has 0 atom stereocenters. The third kappa shape index (κ3) is 14.6. The molecule has 2 aromatic carbocycles. The summed E-state index contributed by atoms with van der Waals surface area (Å²) in [6, 6.07) is 11.8. The topological polar surface area (TPSA) is 176 Å². The van der Waals surface area contributed by atoms with Crippen molar-refractivity contribution in [2.75, 3.05) is 26.4 Å². The maximum absolute atomic E-state index is 12.7. The molecule has 1 saturated carbocycles. The van der Waals surface area contributed by atoms with Crippen molar-refractivity contribution in [3.63, 3.8) is 0 Å². The normalized spacial score (nSPS) is 15.0. The van der Waals surface area contributed by atoms with Gasteiger partial charge in [-0.25, -0.2) is 19.2 Å². The highest BCUT2D eigenvalue weighted by Gasteiger charge is 2.32. The largest absolute Gasteiger partial charge is 0.513 e. The lowest BCUT2D eigenvalue weighted by Gasteiger charge is -2.25. The lowest BCUT2D eigenvalue weighted by Crippen LogP contribution is -2.30. The Kier molecular flexibility index (Phi) is 16.6. The summed E-state index contributed by atoms with van der Waals surface area (Å²) in [5.74, 6) is -1.71. The summed E-state index contributed by atoms with van der Waals surface area (Å²) in [6.07, 6.45) is 4.09. The smallest absolute Gasteiger partial charge is 0.463 e. The summed E-state index contributed by atoms with van der Waals surface area (Å²) >= 11 is 0. The van der Waals surface area contributed by atoms with E-state index in [1.807, 2.05) is 0 Å². The van der Waals surface area contributed by atoms with E-state index in [9.17, 15) is 28.8 Å². The highest BCUT2D eigenvalue weighted by molar-refractivity contribution is 5.81. The second-order valence-corrected chi connectivity index (χ2v) is 10.9. The zero-order chi connectivity index (χ0) is 36.1. The van der Waals surface area contributed by atoms with Crippen LogP contribution in [-0.4, -0.2) is 62.6 Å². The van der Waals surface area contributed by atoms with Gasteiger partial charge in [-0.2, -0.15) is 0 Å². The lowest BCUT2D eigenvalue weighted by atomic mass is 9.82. The van der Waals surface area contributed by atoms with E-state index in [-0.39, 0.29) is 49.4 Å². The van der Waals surface area contributed by atoms with Crippen LogP contribution in [0.2, 0.25) is 0 Å². The minimum atomic E-state index is -0.896. The van der Waals surface area contributed by atoms with E-state index in [0.29, 0.717) is 51.4 Å². The first-order valence-electron chi connectivity index (χ1n) is 16.1. The first kappa shape index (κ1) is 38.8. The number of benzene rings is 2. The molecule has 14 nitrogen and oxygen atoms in total. The molecule has 0 aromatic heterocycles. The fourth-order valence-electron chi connectivity index (χ4n) is 4.55. The Morgan fingerprint density at radius 1 is 0.480 bits per heavy atom. The molecule has 0 aliphatic heterocycles. The Bertz CT molecular complexity index is 1350. The predicted octanol–water partition coefficient (Wildman–Crippen LogP) is 6.05. The van der Waals surface area contributed by atoms with Crippen LogP contribution in [0.15, 0.2) is 73.8 Å². The quantitative estimate of drug-likeness (QED) is 0.0439. The Hall–Kier alpha value is -5.66. The van der Waals surface area contributed by atoms with Gasteiger partial charge < -0.3 is 37.9 Å². The fraction of sp³-hybridized carbons (Fsp3) is 0.389. The van der Waals surface area contributed by atoms with Crippen molar-refractivity contribution < 1.29 is 66.7 Å². The van der Waals surface area contributed by atoms with Gasteiger partial charge in [0.25, 0.3) is 0 Å². The first-order valence-corrected chi connectivity index (χ1v) is 16.1. The monoisotopic (exact) mass is 696 g/mol. The average Bonchev–Trinajstić information content (AvgIpc) is 3.12. The van der Waals surface area contributed by atoms with Gasteiger partial charge in [-0.15, -0.1) is 0 Å². The standard InChI is InChI=1S/C36H40O14/c1-3-31(37)43-21-5-7-23-45-35(41)49-29-17-13-27(14-18-29)47-33(39)25-9-11-26(12-10-25)34(40)48-28-15-19-30(20-16-28)50-36(42)46-24-8-6-22-44-32(38)4-2/h3-4,13-20,25-26H,1-2,5-12,21-24H2. The number of hydrogen-bond donors (Lipinski definition) is 0. The number of rotatable bonds is 18. The van der Waals surface area contributed by atoms with E-state index in [1.165, 1.54) is 48.5 Å². The van der Waals surface area contributed by atoms with Gasteiger partial charge in [0, 0.05) is 12.2 Å². The van der Waals surface area contributed by atoms with Crippen LogP contribution in [0.5, 0.6) is 23.0 Å². The first-order chi connectivity index (χ1) is 24.2. The van der Waals surface area contributed by atoms with Crippen LogP contribution in [-0.2, 0) is 38.1 Å². The molecule has 1 aliphatic carbocycles. The van der Waals surface area contributed by atoms with Gasteiger partial charge in [0.15, 0.2) is 0 Å². The maximum atomic E-state index is 12.7. The minimum Gasteiger partial charge on any atom is -0.463 e. The third-order valence-electron chi connectivity index (χ3n) is 7.22. The van der Waals surface area contributed by atoms with Crippen LogP contribution in [0.1, 0.15) is 51.4 Å². The molecule has 0 radical (unpaired) electrons. The van der Waals surface area contributed by atoms with Crippen LogP contribution in [0.3, 0.4) is 0 Å². The molecule has 14 heteroatoms. The summed E-state index contributed by atoms with van der Waals surface area (Å²) in [5.41, 5.74) is 0. The Labute approximate surface area is 289 Å². The van der Waals surface area contributed by atoms with Gasteiger partial charge in [-0.3, -0.25) is 9.59 Å². The van der Waals surface area contributed by atoms with Gasteiger partial charge >= 0.3 is 36.2 Å². The molecular weight excluding hydrogens is 656 g/mol. The maximum Gasteiger partial charge on any atom is 0.513 e. The molecule has 0 unspecified atom stereocenters. The Balaban J connectivity index is 1.30. The molecule has 0 N–H and O–H groups in total. The van der Waals surface area contributed by atoms with E-state index < -0.39 is 48.0 Å². The van der Waals surface area contributed by atoms with Gasteiger partial charge in [0.05, 0.1) is 38.3 Å². The predicted molar refractivity (Wildman–Crippen MR) is 174 cm³/mol. The van der Waals surface area contributed by atoms with Gasteiger partial charge in [-0.1, -0.05) is 13.2 Å². The van der Waals surface area contributed by atoms with Crippen molar-refractivity contribution in [2.45, 2.75) is 51.4 Å². The van der Waals surface area contributed by atoms with Crippen LogP contribution < -0.4 is 18.9 Å². The number of esters is 4. The summed E-state index contributed by atoms with van der Waals surface area (Å²) in [4.78, 5) is 71.2. The van der Waals surface area contributed by atoms with Crippen molar-refractivity contribution in [2.24, 2.45) is 11.8 Å². The van der Waals surface area contributed by atoms with Crippen LogP contribution in [0.25, 0.3) is 0 Å². The SMILES string of the molecule is C=CC(=O)OCCCCOC(=O)Oc1ccc(OC(=O)C2CCC(C(=O)Oc3ccc(OC(=O)OCCCCOC(=O)C=C)cc3)CC2)cc1. The molecule has 1 fully saturated rings. The van der Waals surface area contributed by atoms with E-state index in [4.69, 9.17) is 37.9 Å². The Morgan fingerprint density at radius 2 is 0.760 bits per heavy atom. The van der Waals surface area contributed by atoms with E-state index in [1.54, 1.807) is 0 Å². The van der Waals surface area contributed by atoms with Crippen molar-refractivity contribution in [3.05, 3.63) is 73.8 Å². The Morgan fingerprint density at radius 3 is 1.06 bits per heavy atom. The zero-order valence-electron chi connectivity index (χ0n) is 27.5. The molecule has 0 bridgehead atoms. The van der Waals surface area contributed by atoms with Gasteiger partial charge in [-0.05, 0) is 99.9 Å². The molecule has 0 spiro atoms. The lowest BCUT2D eigenvalue weighted by molar-refractivity contribution is -0.145. The average molecular weight is 697 g/mol. The third-order valence-corrected chi connectivity index (χ3v) is 7.22. The molecule has 2 aromatic rings. The second-order valence-electron chi connectivity index (χ2n) is 10.9. The molecule has 0 amide bonds. The zero-order valence-corrected chi connectivity index (χ0v) is 27.5. The molecule has 50 heavy (non-hydrogen) atoms. The van der Waals surface area contributed by atoms with Crippen molar-refractivity contribution >= 4 is 36.2 Å². The molecule has 3 rings (SSSR count). The number of ether oxygens (including phenoxy) is 8. The number of carbonyl (C=O) groups excluding carboxylic acids is 6. The van der Waals surface area contributed by atoms with Crippen molar-refractivity contribution in [1.82, 2.24) is 0 Å². The molecular formula is C36H40O14. The van der Waals surface area contributed by atoms with E-state index in [2.05, 4.69) is 13.2 Å². The number of unbranched alkanes of at least 4 members (excludes halogenated alkanes) is 2. The molecule has 0 heterocycles.